The lowest BCUT2D eigenvalue weighted by Crippen LogP contribution is -2.41. The van der Waals surface area contributed by atoms with Gasteiger partial charge in [0.15, 0.2) is 5.65 Å². The van der Waals surface area contributed by atoms with E-state index in [1.54, 1.807) is 36.5 Å². The van der Waals surface area contributed by atoms with Crippen LogP contribution in [0, 0.1) is 0 Å². The van der Waals surface area contributed by atoms with Gasteiger partial charge in [-0.15, -0.1) is 0 Å². The Balaban J connectivity index is 1.56. The van der Waals surface area contributed by atoms with E-state index in [1.807, 2.05) is 0 Å². The van der Waals surface area contributed by atoms with Crippen molar-refractivity contribution in [1.82, 2.24) is 20.5 Å². The van der Waals surface area contributed by atoms with E-state index in [2.05, 4.69) is 20.5 Å². The summed E-state index contributed by atoms with van der Waals surface area (Å²) in [5.74, 6) is 0.547. The fraction of sp³-hybridized carbons (Fsp3) is 0.316. The molecule has 0 atom stereocenters. The largest absolute Gasteiger partial charge is 0.508 e. The van der Waals surface area contributed by atoms with E-state index < -0.39 is 6.09 Å². The molecule has 3 aromatic rings. The van der Waals surface area contributed by atoms with Gasteiger partial charge in [-0.25, -0.2) is 9.78 Å². The summed E-state index contributed by atoms with van der Waals surface area (Å²) < 4.78 is 5.57. The molecular formula is C19H21N5O3. The first-order valence-electron chi connectivity index (χ1n) is 8.96. The molecule has 5 N–H and O–H groups in total. The second-order valence-corrected chi connectivity index (χ2v) is 6.83. The standard InChI is InChI=1S/C19H21N5O3/c20-12-3-5-13(6-4-12)22-19(26)27-17-9-16(11-1-7-14(25)8-2-11)23-18-15(17)10-21-24-18/h1-2,7-10,12-13,25H,3-6,20H2,(H,22,26)(H,21,23,24)/t12-,13+. The molecule has 1 amide bonds. The molecule has 2 aromatic heterocycles. The van der Waals surface area contributed by atoms with Gasteiger partial charge in [0, 0.05) is 23.7 Å². The third-order valence-corrected chi connectivity index (χ3v) is 4.84. The van der Waals surface area contributed by atoms with Crippen molar-refractivity contribution in [2.24, 2.45) is 5.73 Å². The number of pyridine rings is 1. The first-order chi connectivity index (χ1) is 13.1. The number of phenols is 1. The van der Waals surface area contributed by atoms with E-state index in [0.29, 0.717) is 22.5 Å². The first-order valence-corrected chi connectivity index (χ1v) is 8.96. The van der Waals surface area contributed by atoms with Crippen LogP contribution in [0.25, 0.3) is 22.3 Å². The number of aromatic hydroxyl groups is 1. The molecule has 1 aliphatic carbocycles. The van der Waals surface area contributed by atoms with Gasteiger partial charge in [-0.1, -0.05) is 0 Å². The lowest BCUT2D eigenvalue weighted by atomic mass is 9.92. The second kappa shape index (κ2) is 7.24. The van der Waals surface area contributed by atoms with Crippen LogP contribution in [-0.4, -0.2) is 38.5 Å². The third kappa shape index (κ3) is 3.85. The van der Waals surface area contributed by atoms with Crippen LogP contribution in [0.1, 0.15) is 25.7 Å². The third-order valence-electron chi connectivity index (χ3n) is 4.84. The smallest absolute Gasteiger partial charge is 0.412 e. The Bertz CT molecular complexity index is 946. The minimum atomic E-state index is -0.499. The summed E-state index contributed by atoms with van der Waals surface area (Å²) in [7, 11) is 0. The normalized spacial score (nSPS) is 19.7. The lowest BCUT2D eigenvalue weighted by molar-refractivity contribution is 0.191. The van der Waals surface area contributed by atoms with Gasteiger partial charge in [0.1, 0.15) is 11.5 Å². The van der Waals surface area contributed by atoms with Crippen LogP contribution in [-0.2, 0) is 0 Å². The minimum absolute atomic E-state index is 0.0792. The van der Waals surface area contributed by atoms with Crippen molar-refractivity contribution in [2.75, 3.05) is 0 Å². The zero-order chi connectivity index (χ0) is 18.8. The van der Waals surface area contributed by atoms with Crippen LogP contribution >= 0.6 is 0 Å². The molecule has 0 spiro atoms. The summed E-state index contributed by atoms with van der Waals surface area (Å²) in [6.45, 7) is 0. The van der Waals surface area contributed by atoms with Crippen LogP contribution in [0.5, 0.6) is 11.5 Å². The van der Waals surface area contributed by atoms with Gasteiger partial charge in [-0.3, -0.25) is 5.10 Å². The minimum Gasteiger partial charge on any atom is -0.508 e. The topological polar surface area (TPSA) is 126 Å². The number of carbonyl (C=O) groups excluding carboxylic acids is 1. The molecule has 1 saturated carbocycles. The van der Waals surface area contributed by atoms with E-state index >= 15 is 0 Å². The van der Waals surface area contributed by atoms with E-state index in [4.69, 9.17) is 10.5 Å². The maximum absolute atomic E-state index is 12.4. The molecule has 0 unspecified atom stereocenters. The number of nitrogens with one attached hydrogen (secondary N) is 2. The highest BCUT2D eigenvalue weighted by Gasteiger charge is 2.21. The van der Waals surface area contributed by atoms with Gasteiger partial charge in [0.05, 0.1) is 17.3 Å². The van der Waals surface area contributed by atoms with Gasteiger partial charge in [-0.2, -0.15) is 5.10 Å². The number of H-pyrrole nitrogens is 1. The van der Waals surface area contributed by atoms with Crippen molar-refractivity contribution in [1.29, 1.82) is 0 Å². The summed E-state index contributed by atoms with van der Waals surface area (Å²) in [6.07, 6.45) is 4.58. The first kappa shape index (κ1) is 17.3. The fourth-order valence-electron chi connectivity index (χ4n) is 3.32. The number of rotatable bonds is 3. The van der Waals surface area contributed by atoms with Gasteiger partial charge in [0.25, 0.3) is 0 Å². The molecule has 1 fully saturated rings. The summed E-state index contributed by atoms with van der Waals surface area (Å²) in [5, 5.41) is 19.8. The zero-order valence-electron chi connectivity index (χ0n) is 14.7. The average Bonchev–Trinajstić information content (AvgIpc) is 3.13. The van der Waals surface area contributed by atoms with Crippen molar-refractivity contribution < 1.29 is 14.6 Å². The number of nitrogens with zero attached hydrogens (tertiary/aromatic N) is 2. The van der Waals surface area contributed by atoms with Crippen LogP contribution < -0.4 is 15.8 Å². The highest BCUT2D eigenvalue weighted by atomic mass is 16.6. The van der Waals surface area contributed by atoms with Crippen LogP contribution in [0.2, 0.25) is 0 Å². The quantitative estimate of drug-likeness (QED) is 0.564. The number of fused-ring (bicyclic) bond motifs is 1. The van der Waals surface area contributed by atoms with E-state index in [1.165, 1.54) is 0 Å². The Morgan fingerprint density at radius 3 is 2.70 bits per heavy atom. The summed E-state index contributed by atoms with van der Waals surface area (Å²) in [4.78, 5) is 16.9. The molecule has 27 heavy (non-hydrogen) atoms. The Kier molecular flexibility index (Phi) is 4.64. The maximum Gasteiger partial charge on any atom is 0.412 e. The van der Waals surface area contributed by atoms with Crippen LogP contribution in [0.3, 0.4) is 0 Å². The second-order valence-electron chi connectivity index (χ2n) is 6.83. The van der Waals surface area contributed by atoms with Crippen LogP contribution in [0.15, 0.2) is 36.5 Å². The number of hydrogen-bond acceptors (Lipinski definition) is 6. The van der Waals surface area contributed by atoms with E-state index in [-0.39, 0.29) is 17.8 Å². The molecule has 140 valence electrons. The number of aromatic amines is 1. The fourth-order valence-corrected chi connectivity index (χ4v) is 3.32. The van der Waals surface area contributed by atoms with Crippen molar-refractivity contribution in [3.8, 4) is 22.8 Å². The molecule has 2 heterocycles. The monoisotopic (exact) mass is 367 g/mol. The molecular weight excluding hydrogens is 346 g/mol. The number of nitrogens with two attached hydrogens (primary N) is 1. The summed E-state index contributed by atoms with van der Waals surface area (Å²) >= 11 is 0. The molecule has 4 rings (SSSR count). The van der Waals surface area contributed by atoms with Crippen molar-refractivity contribution in [3.05, 3.63) is 36.5 Å². The van der Waals surface area contributed by atoms with E-state index in [0.717, 1.165) is 31.2 Å². The summed E-state index contributed by atoms with van der Waals surface area (Å²) in [5.41, 5.74) is 7.82. The number of benzene rings is 1. The SMILES string of the molecule is N[C@H]1CC[C@@H](NC(=O)Oc2cc(-c3ccc(O)cc3)nc3[nH]ncc23)CC1. The van der Waals surface area contributed by atoms with Crippen molar-refractivity contribution in [2.45, 2.75) is 37.8 Å². The van der Waals surface area contributed by atoms with Crippen molar-refractivity contribution in [3.63, 3.8) is 0 Å². The molecule has 0 radical (unpaired) electrons. The van der Waals surface area contributed by atoms with Gasteiger partial charge >= 0.3 is 6.09 Å². The Labute approximate surface area is 155 Å². The summed E-state index contributed by atoms with van der Waals surface area (Å²) in [6, 6.07) is 8.64. The number of aromatic nitrogens is 3. The van der Waals surface area contributed by atoms with E-state index in [9.17, 15) is 9.90 Å². The predicted molar refractivity (Wildman–Crippen MR) is 100 cm³/mol. The lowest BCUT2D eigenvalue weighted by Gasteiger charge is -2.26. The van der Waals surface area contributed by atoms with Crippen LogP contribution in [0.4, 0.5) is 4.79 Å². The Morgan fingerprint density at radius 1 is 1.22 bits per heavy atom. The molecule has 1 aliphatic rings. The predicted octanol–water partition coefficient (Wildman–Crippen LogP) is 2.69. The average molecular weight is 367 g/mol. The van der Waals surface area contributed by atoms with Gasteiger partial charge in [0.2, 0.25) is 0 Å². The van der Waals surface area contributed by atoms with Gasteiger partial charge in [-0.05, 0) is 49.9 Å². The zero-order valence-corrected chi connectivity index (χ0v) is 14.7. The molecule has 1 aromatic carbocycles. The number of carbonyl (C=O) groups is 1. The number of amides is 1. The number of hydrogen-bond donors (Lipinski definition) is 4. The Morgan fingerprint density at radius 2 is 1.96 bits per heavy atom. The van der Waals surface area contributed by atoms with Gasteiger partial charge < -0.3 is 20.9 Å². The molecule has 8 heteroatoms. The highest BCUT2D eigenvalue weighted by molar-refractivity contribution is 5.87. The molecule has 8 nitrogen and oxygen atoms in total. The number of ether oxygens (including phenoxy) is 1. The maximum atomic E-state index is 12.4. The molecule has 0 bridgehead atoms. The molecule has 0 aliphatic heterocycles. The Hall–Kier alpha value is -3.13. The molecule has 0 saturated heterocycles. The van der Waals surface area contributed by atoms with Crippen molar-refractivity contribution >= 4 is 17.1 Å². The highest BCUT2D eigenvalue weighted by Crippen LogP contribution is 2.30. The number of phenolic OH excluding ortho intramolecular Hbond substituents is 1.